The summed E-state index contributed by atoms with van der Waals surface area (Å²) in [5.74, 6) is -0.321. The second-order valence-electron chi connectivity index (χ2n) is 2.27. The summed E-state index contributed by atoms with van der Waals surface area (Å²) in [4.78, 5) is 10.3. The molecule has 0 N–H and O–H groups in total. The molecule has 0 aliphatic heterocycles. The fourth-order valence-electron chi connectivity index (χ4n) is 0.548. The van der Waals surface area contributed by atoms with E-state index in [-0.39, 0.29) is 22.5 Å². The maximum Gasteiger partial charge on any atom is 0.304 e. The van der Waals surface area contributed by atoms with Crippen LogP contribution in [0.5, 0.6) is 0 Å². The topological polar surface area (TPSA) is 44.8 Å². The first-order chi connectivity index (χ1) is 5.77. The Morgan fingerprint density at radius 2 is 2.17 bits per heavy atom. The van der Waals surface area contributed by atoms with Crippen LogP contribution in [-0.2, 0) is 18.7 Å². The van der Waals surface area contributed by atoms with Gasteiger partial charge in [0, 0.05) is 6.92 Å². The molecule has 0 fully saturated rings. The maximum absolute atomic E-state index is 10.3. The van der Waals surface area contributed by atoms with Crippen molar-refractivity contribution in [2.75, 3.05) is 20.0 Å². The summed E-state index contributed by atoms with van der Waals surface area (Å²) in [6, 6.07) is 1.14. The highest BCUT2D eigenvalue weighted by atomic mass is 28.2. The van der Waals surface area contributed by atoms with Gasteiger partial charge in [-0.05, 0) is 6.04 Å². The summed E-state index contributed by atoms with van der Waals surface area (Å²) >= 11 is 0. The van der Waals surface area contributed by atoms with Crippen LogP contribution in [0.15, 0.2) is 0 Å². The summed E-state index contributed by atoms with van der Waals surface area (Å²) in [5.41, 5.74) is 0. The monoisotopic (exact) mass is 192 g/mol. The van der Waals surface area contributed by atoms with Gasteiger partial charge in [-0.3, -0.25) is 4.79 Å². The second kappa shape index (κ2) is 8.70. The summed E-state index contributed by atoms with van der Waals surface area (Å²) in [6.45, 7) is 4.60. The number of hydrogen-bond acceptors (Lipinski definition) is 4. The number of carbonyl (C=O) groups excluding carboxylic acids is 1. The molecule has 0 aliphatic carbocycles. The molecule has 0 aromatic carbocycles. The highest BCUT2D eigenvalue weighted by Gasteiger charge is 1.91. The highest BCUT2D eigenvalue weighted by molar-refractivity contribution is 6.26. The summed E-state index contributed by atoms with van der Waals surface area (Å²) in [6.07, 6.45) is 0. The molecule has 72 valence electrons. The van der Waals surface area contributed by atoms with E-state index in [0.717, 1.165) is 6.04 Å². The molecule has 0 aliphatic rings. The number of esters is 1. The van der Waals surface area contributed by atoms with Crippen LogP contribution in [0.3, 0.4) is 0 Å². The van der Waals surface area contributed by atoms with Crippen LogP contribution in [0.1, 0.15) is 13.8 Å². The van der Waals surface area contributed by atoms with E-state index in [4.69, 9.17) is 9.16 Å². The lowest BCUT2D eigenvalue weighted by Gasteiger charge is -2.04. The molecule has 12 heavy (non-hydrogen) atoms. The van der Waals surface area contributed by atoms with Gasteiger partial charge in [-0.25, -0.2) is 0 Å². The summed E-state index contributed by atoms with van der Waals surface area (Å²) < 4.78 is 14.8. The SMILES string of the molecule is CC[SiH2]OCCOCOC(C)=O. The lowest BCUT2D eigenvalue weighted by atomic mass is 10.8. The van der Waals surface area contributed by atoms with Crippen LogP contribution in [-0.4, -0.2) is 35.7 Å². The van der Waals surface area contributed by atoms with Crippen LogP contribution in [0.2, 0.25) is 6.04 Å². The zero-order chi connectivity index (χ0) is 9.23. The Labute approximate surface area is 75.1 Å². The molecule has 5 heteroatoms. The van der Waals surface area contributed by atoms with Crippen molar-refractivity contribution in [2.45, 2.75) is 19.9 Å². The van der Waals surface area contributed by atoms with Crippen LogP contribution >= 0.6 is 0 Å². The van der Waals surface area contributed by atoms with E-state index in [2.05, 4.69) is 11.7 Å². The molecule has 4 nitrogen and oxygen atoms in total. The smallest absolute Gasteiger partial charge is 0.304 e. The van der Waals surface area contributed by atoms with E-state index in [1.54, 1.807) is 0 Å². The van der Waals surface area contributed by atoms with Crippen LogP contribution in [0, 0.1) is 0 Å². The van der Waals surface area contributed by atoms with Crippen LogP contribution in [0.4, 0.5) is 0 Å². The van der Waals surface area contributed by atoms with Gasteiger partial charge in [0.05, 0.1) is 13.2 Å². The van der Waals surface area contributed by atoms with Gasteiger partial charge in [0.1, 0.15) is 0 Å². The zero-order valence-electron chi connectivity index (χ0n) is 7.67. The molecule has 0 bridgehead atoms. The number of carbonyl (C=O) groups is 1. The summed E-state index contributed by atoms with van der Waals surface area (Å²) in [7, 11) is -0.316. The highest BCUT2D eigenvalue weighted by Crippen LogP contribution is 1.82. The van der Waals surface area contributed by atoms with E-state index in [0.29, 0.717) is 13.2 Å². The van der Waals surface area contributed by atoms with Gasteiger partial charge in [-0.2, -0.15) is 0 Å². The van der Waals surface area contributed by atoms with Gasteiger partial charge in [0.15, 0.2) is 16.6 Å². The largest absolute Gasteiger partial charge is 0.439 e. The van der Waals surface area contributed by atoms with E-state index in [9.17, 15) is 4.79 Å². The van der Waals surface area contributed by atoms with E-state index in [1.165, 1.54) is 6.92 Å². The average molecular weight is 192 g/mol. The molecular weight excluding hydrogens is 176 g/mol. The molecule has 0 heterocycles. The Hall–Kier alpha value is -0.393. The second-order valence-corrected chi connectivity index (χ2v) is 4.09. The average Bonchev–Trinajstić information content (AvgIpc) is 2.02. The molecule has 0 atom stereocenters. The minimum Gasteiger partial charge on any atom is -0.439 e. The van der Waals surface area contributed by atoms with Crippen molar-refractivity contribution in [3.63, 3.8) is 0 Å². The Kier molecular flexibility index (Phi) is 8.42. The predicted octanol–water partition coefficient (Wildman–Crippen LogP) is 0.0622. The molecule has 0 unspecified atom stereocenters. The predicted molar refractivity (Wildman–Crippen MR) is 47.6 cm³/mol. The third-order valence-electron chi connectivity index (χ3n) is 1.07. The van der Waals surface area contributed by atoms with Crippen molar-refractivity contribution in [3.8, 4) is 0 Å². The fourth-order valence-corrected chi connectivity index (χ4v) is 1.16. The van der Waals surface area contributed by atoms with E-state index < -0.39 is 0 Å². The molecule has 0 saturated heterocycles. The van der Waals surface area contributed by atoms with Gasteiger partial charge in [0.25, 0.3) is 0 Å². The third-order valence-corrected chi connectivity index (χ3v) is 2.05. The van der Waals surface area contributed by atoms with Crippen molar-refractivity contribution in [1.29, 1.82) is 0 Å². The number of ether oxygens (including phenoxy) is 2. The number of hydrogen-bond donors (Lipinski definition) is 0. The van der Waals surface area contributed by atoms with Crippen molar-refractivity contribution in [1.82, 2.24) is 0 Å². The maximum atomic E-state index is 10.3. The van der Waals surface area contributed by atoms with Crippen LogP contribution < -0.4 is 0 Å². The fraction of sp³-hybridized carbons (Fsp3) is 0.857. The van der Waals surface area contributed by atoms with E-state index >= 15 is 0 Å². The van der Waals surface area contributed by atoms with Crippen molar-refractivity contribution in [3.05, 3.63) is 0 Å². The first-order valence-electron chi connectivity index (χ1n) is 4.06. The minimum absolute atomic E-state index is 0.0341. The Balaban J connectivity index is 2.86. The minimum atomic E-state index is -0.321. The molecule has 0 amide bonds. The first-order valence-corrected chi connectivity index (χ1v) is 5.64. The van der Waals surface area contributed by atoms with Gasteiger partial charge < -0.3 is 13.9 Å². The molecule has 0 rings (SSSR count). The van der Waals surface area contributed by atoms with Crippen molar-refractivity contribution in [2.24, 2.45) is 0 Å². The lowest BCUT2D eigenvalue weighted by Crippen LogP contribution is -2.10. The molecule has 0 spiro atoms. The molecular formula is C7H16O4Si. The van der Waals surface area contributed by atoms with Crippen LogP contribution in [0.25, 0.3) is 0 Å². The van der Waals surface area contributed by atoms with E-state index in [1.807, 2.05) is 0 Å². The van der Waals surface area contributed by atoms with Gasteiger partial charge in [-0.1, -0.05) is 6.92 Å². The standard InChI is InChI=1S/C7H16O4Si/c1-3-12-11-5-4-9-6-10-7(2)8/h3-6,12H2,1-2H3. The number of rotatable bonds is 7. The quantitative estimate of drug-likeness (QED) is 0.248. The molecule has 0 aromatic rings. The molecule has 0 aromatic heterocycles. The normalized spacial score (nSPS) is 10.8. The summed E-state index contributed by atoms with van der Waals surface area (Å²) in [5, 5.41) is 0. The van der Waals surface area contributed by atoms with Gasteiger partial charge in [-0.15, -0.1) is 0 Å². The Bertz CT molecular complexity index is 118. The Morgan fingerprint density at radius 1 is 1.42 bits per heavy atom. The van der Waals surface area contributed by atoms with Crippen molar-refractivity contribution >= 4 is 15.7 Å². The molecule has 0 radical (unpaired) electrons. The molecule has 0 saturated carbocycles. The third kappa shape index (κ3) is 9.61. The lowest BCUT2D eigenvalue weighted by molar-refractivity contribution is -0.154. The first kappa shape index (κ1) is 11.6. The van der Waals surface area contributed by atoms with Gasteiger partial charge in [0.2, 0.25) is 0 Å². The van der Waals surface area contributed by atoms with Gasteiger partial charge >= 0.3 is 5.97 Å². The Morgan fingerprint density at radius 3 is 2.75 bits per heavy atom. The zero-order valence-corrected chi connectivity index (χ0v) is 9.08. The van der Waals surface area contributed by atoms with Crippen molar-refractivity contribution < 1.29 is 18.7 Å².